The summed E-state index contributed by atoms with van der Waals surface area (Å²) in [7, 11) is -4.58. The molecule has 0 aliphatic heterocycles. The number of phenols is 1. The number of phenolic OH excluding ortho intramolecular Hbond substituents is 1. The van der Waals surface area contributed by atoms with Crippen molar-refractivity contribution in [1.82, 2.24) is 0 Å². The van der Waals surface area contributed by atoms with Crippen LogP contribution >= 0.6 is 0 Å². The first-order valence-corrected chi connectivity index (χ1v) is 17.6. The normalized spacial score (nSPS) is 11.8. The molecule has 0 amide bonds. The number of nitrogens with zero attached hydrogens (tertiary/aromatic N) is 4. The molecule has 7 aromatic carbocycles. The fourth-order valence-electron chi connectivity index (χ4n) is 5.91. The van der Waals surface area contributed by atoms with Gasteiger partial charge in [0.15, 0.2) is 5.75 Å². The molecule has 0 radical (unpaired) electrons. The molecule has 14 heteroatoms. The van der Waals surface area contributed by atoms with Crippen molar-refractivity contribution in [3.63, 3.8) is 0 Å². The van der Waals surface area contributed by atoms with Gasteiger partial charge in [0.2, 0.25) is 0 Å². The Morgan fingerprint density at radius 2 is 1.13 bits per heavy atom. The number of carbonyl (C=O) groups is 2. The van der Waals surface area contributed by atoms with Gasteiger partial charge >= 0.3 is 11.9 Å². The predicted molar refractivity (Wildman–Crippen MR) is 203 cm³/mol. The predicted octanol–water partition coefficient (Wildman–Crippen LogP) is 10.6. The van der Waals surface area contributed by atoms with Gasteiger partial charge < -0.3 is 20.6 Å². The maximum absolute atomic E-state index is 12.5. The molecule has 7 rings (SSSR count). The highest BCUT2D eigenvalue weighted by Gasteiger charge is 2.19. The molecule has 0 heterocycles. The summed E-state index contributed by atoms with van der Waals surface area (Å²) >= 11 is 0. The number of hydrogen-bond acceptors (Lipinski definition) is 10. The van der Waals surface area contributed by atoms with Crippen LogP contribution in [0.2, 0.25) is 0 Å². The molecular weight excluding hydrogens is 711 g/mol. The molecule has 0 aromatic heterocycles. The maximum Gasteiger partial charge on any atom is 0.337 e. The molecule has 266 valence electrons. The van der Waals surface area contributed by atoms with E-state index in [1.807, 2.05) is 66.7 Å². The van der Waals surface area contributed by atoms with E-state index in [1.54, 1.807) is 12.1 Å². The van der Waals surface area contributed by atoms with E-state index in [0.29, 0.717) is 22.5 Å². The minimum Gasteiger partial charge on any atom is -0.505 e. The van der Waals surface area contributed by atoms with E-state index in [1.165, 1.54) is 54.6 Å². The molecule has 0 aliphatic carbocycles. The molecule has 5 N–H and O–H groups in total. The van der Waals surface area contributed by atoms with Gasteiger partial charge in [-0.2, -0.15) is 8.42 Å². The third-order valence-electron chi connectivity index (χ3n) is 8.51. The quantitative estimate of drug-likeness (QED) is 0.0666. The van der Waals surface area contributed by atoms with Gasteiger partial charge in [0.1, 0.15) is 27.6 Å². The van der Waals surface area contributed by atoms with E-state index in [9.17, 15) is 37.9 Å². The summed E-state index contributed by atoms with van der Waals surface area (Å²) in [6, 6.07) is 36.2. The van der Waals surface area contributed by atoms with Crippen molar-refractivity contribution < 1.29 is 37.9 Å². The van der Waals surface area contributed by atoms with Crippen LogP contribution in [0.3, 0.4) is 0 Å². The number of azo groups is 2. The highest BCUT2D eigenvalue weighted by Crippen LogP contribution is 2.40. The van der Waals surface area contributed by atoms with E-state index in [2.05, 4.69) is 25.8 Å². The third-order valence-corrected chi connectivity index (χ3v) is 9.43. The van der Waals surface area contributed by atoms with Crippen molar-refractivity contribution in [1.29, 1.82) is 0 Å². The molecule has 0 atom stereocenters. The van der Waals surface area contributed by atoms with Gasteiger partial charge in [0.05, 0.1) is 16.8 Å². The van der Waals surface area contributed by atoms with Crippen LogP contribution in [0.5, 0.6) is 5.75 Å². The van der Waals surface area contributed by atoms with Crippen molar-refractivity contribution in [3.8, 4) is 16.9 Å². The zero-order valence-electron chi connectivity index (χ0n) is 27.8. The van der Waals surface area contributed by atoms with E-state index in [-0.39, 0.29) is 39.0 Å². The Labute approximate surface area is 307 Å². The van der Waals surface area contributed by atoms with Gasteiger partial charge in [-0.3, -0.25) is 4.55 Å². The Morgan fingerprint density at radius 3 is 1.78 bits per heavy atom. The fraction of sp³-hybridized carbons (Fsp3) is 0. The summed E-state index contributed by atoms with van der Waals surface area (Å²) in [4.78, 5) is 24.4. The lowest BCUT2D eigenvalue weighted by Crippen LogP contribution is -1.99. The lowest BCUT2D eigenvalue weighted by molar-refractivity contribution is 0.0686. The van der Waals surface area contributed by atoms with Crippen LogP contribution in [0, 0.1) is 0 Å². The molecular formula is C40H27N5O8S. The molecule has 0 aliphatic rings. The van der Waals surface area contributed by atoms with Gasteiger partial charge in [-0.25, -0.2) is 9.59 Å². The Bertz CT molecular complexity index is 2810. The number of carboxylic acid groups (broad SMARTS) is 2. The molecule has 0 spiro atoms. The fourth-order valence-corrected chi connectivity index (χ4v) is 6.61. The second-order valence-corrected chi connectivity index (χ2v) is 13.3. The number of anilines is 2. The summed E-state index contributed by atoms with van der Waals surface area (Å²) in [5.41, 5.74) is 2.24. The topological polar surface area (TPSA) is 211 Å². The first-order valence-electron chi connectivity index (χ1n) is 16.1. The van der Waals surface area contributed by atoms with Crippen molar-refractivity contribution in [2.24, 2.45) is 20.5 Å². The first kappa shape index (κ1) is 35.1. The number of nitrogens with one attached hydrogen (secondary N) is 1. The monoisotopic (exact) mass is 737 g/mol. The SMILES string of the molecule is O=C(O)c1cc(-c2ccc(N=Nc3c(Nc4ccccc4)ccc4ccccc34)c(C(=O)O)c2)ccc1N=Nc1ccc2c(S(=O)(=O)O)cccc2c1O. The van der Waals surface area contributed by atoms with Gasteiger partial charge in [-0.15, -0.1) is 20.5 Å². The molecule has 0 bridgehead atoms. The van der Waals surface area contributed by atoms with E-state index in [0.717, 1.165) is 16.5 Å². The smallest absolute Gasteiger partial charge is 0.337 e. The molecule has 0 saturated carbocycles. The van der Waals surface area contributed by atoms with E-state index < -0.39 is 32.7 Å². The average Bonchev–Trinajstić information content (AvgIpc) is 3.17. The molecule has 0 fully saturated rings. The second-order valence-electron chi connectivity index (χ2n) is 11.9. The van der Waals surface area contributed by atoms with Crippen molar-refractivity contribution in [2.75, 3.05) is 5.32 Å². The van der Waals surface area contributed by atoms with E-state index in [4.69, 9.17) is 0 Å². The second kappa shape index (κ2) is 14.4. The van der Waals surface area contributed by atoms with Crippen LogP contribution in [-0.4, -0.2) is 40.2 Å². The standard InChI is InChI=1S/C40H27N5O8S/c46-38-29-11-6-12-36(54(51,52)53)28(29)16-20-35(38)44-42-32-17-14-24(21-30(32)39(47)48)25-15-18-33(31(22-25)40(49)50)43-45-37-27-10-5-4-7-23(27)13-19-34(37)41-26-8-2-1-3-9-26/h1-22,41,46H,(H,47,48)(H,49,50)(H,51,52,53). The first-order chi connectivity index (χ1) is 26.0. The zero-order valence-corrected chi connectivity index (χ0v) is 28.6. The summed E-state index contributed by atoms with van der Waals surface area (Å²) in [5, 5.41) is 53.1. The Hall–Kier alpha value is -7.29. The minimum absolute atomic E-state index is 0.0543. The highest BCUT2D eigenvalue weighted by molar-refractivity contribution is 7.86. The number of rotatable bonds is 10. The van der Waals surface area contributed by atoms with Crippen LogP contribution in [0.4, 0.5) is 34.1 Å². The molecule has 54 heavy (non-hydrogen) atoms. The molecule has 13 nitrogen and oxygen atoms in total. The van der Waals surface area contributed by atoms with Gasteiger partial charge in [0, 0.05) is 21.8 Å². The van der Waals surface area contributed by atoms with Crippen molar-refractivity contribution >= 4 is 77.7 Å². The lowest BCUT2D eigenvalue weighted by atomic mass is 9.99. The largest absolute Gasteiger partial charge is 0.505 e. The summed E-state index contributed by atoms with van der Waals surface area (Å²) in [6.45, 7) is 0. The van der Waals surface area contributed by atoms with E-state index >= 15 is 0 Å². The number of benzene rings is 7. The lowest BCUT2D eigenvalue weighted by Gasteiger charge is -2.12. The summed E-state index contributed by atoms with van der Waals surface area (Å²) in [6.07, 6.45) is 0. The summed E-state index contributed by atoms with van der Waals surface area (Å²) in [5.74, 6) is -3.04. The van der Waals surface area contributed by atoms with Crippen LogP contribution in [0.1, 0.15) is 20.7 Å². The number of para-hydroxylation sites is 1. The van der Waals surface area contributed by atoms with Crippen LogP contribution in [-0.2, 0) is 10.1 Å². The Kier molecular flexibility index (Phi) is 9.36. The van der Waals surface area contributed by atoms with Crippen LogP contribution < -0.4 is 5.32 Å². The Balaban J connectivity index is 1.21. The minimum atomic E-state index is -4.58. The zero-order chi connectivity index (χ0) is 38.0. The van der Waals surface area contributed by atoms with Gasteiger partial charge in [-0.05, 0) is 71.1 Å². The third kappa shape index (κ3) is 7.10. The van der Waals surface area contributed by atoms with Crippen LogP contribution in [0.15, 0.2) is 159 Å². The van der Waals surface area contributed by atoms with Crippen LogP contribution in [0.25, 0.3) is 32.7 Å². The highest BCUT2D eigenvalue weighted by atomic mass is 32.2. The molecule has 7 aromatic rings. The van der Waals surface area contributed by atoms with Crippen molar-refractivity contribution in [3.05, 3.63) is 145 Å². The maximum atomic E-state index is 12.5. The number of carboxylic acids is 2. The number of fused-ring (bicyclic) bond motifs is 2. The Morgan fingerprint density at radius 1 is 0.556 bits per heavy atom. The molecule has 0 unspecified atom stereocenters. The van der Waals surface area contributed by atoms with Gasteiger partial charge in [0.25, 0.3) is 10.1 Å². The van der Waals surface area contributed by atoms with Crippen molar-refractivity contribution in [2.45, 2.75) is 4.90 Å². The number of aromatic hydroxyl groups is 1. The number of hydrogen-bond donors (Lipinski definition) is 5. The summed E-state index contributed by atoms with van der Waals surface area (Å²) < 4.78 is 33.1. The number of aromatic carboxylic acids is 2. The van der Waals surface area contributed by atoms with Gasteiger partial charge in [-0.1, -0.05) is 78.9 Å². The molecule has 0 saturated heterocycles. The average molecular weight is 738 g/mol.